The SMILES string of the molecule is Cc1cccc2cnc(C(C)N)n12. The van der Waals surface area contributed by atoms with Crippen LogP contribution in [-0.4, -0.2) is 9.38 Å². The van der Waals surface area contributed by atoms with Crippen LogP contribution in [-0.2, 0) is 0 Å². The van der Waals surface area contributed by atoms with Crippen LogP contribution >= 0.6 is 0 Å². The summed E-state index contributed by atoms with van der Waals surface area (Å²) in [4.78, 5) is 4.29. The number of imidazole rings is 1. The van der Waals surface area contributed by atoms with Crippen LogP contribution in [0.2, 0.25) is 0 Å². The Labute approximate surface area is 77.2 Å². The number of hydrogen-bond donors (Lipinski definition) is 1. The first kappa shape index (κ1) is 8.26. The average molecular weight is 175 g/mol. The smallest absolute Gasteiger partial charge is 0.130 e. The van der Waals surface area contributed by atoms with Gasteiger partial charge < -0.3 is 5.73 Å². The van der Waals surface area contributed by atoms with Gasteiger partial charge >= 0.3 is 0 Å². The van der Waals surface area contributed by atoms with Crippen molar-refractivity contribution in [3.05, 3.63) is 35.9 Å². The summed E-state index contributed by atoms with van der Waals surface area (Å²) in [6.07, 6.45) is 1.85. The number of hydrogen-bond acceptors (Lipinski definition) is 2. The monoisotopic (exact) mass is 175 g/mol. The minimum atomic E-state index is -0.0244. The van der Waals surface area contributed by atoms with E-state index in [1.165, 1.54) is 5.69 Å². The van der Waals surface area contributed by atoms with Crippen molar-refractivity contribution in [2.45, 2.75) is 19.9 Å². The first-order chi connectivity index (χ1) is 6.20. The highest BCUT2D eigenvalue weighted by Gasteiger charge is 2.08. The number of aromatic nitrogens is 2. The van der Waals surface area contributed by atoms with Gasteiger partial charge in [-0.15, -0.1) is 0 Å². The summed E-state index contributed by atoms with van der Waals surface area (Å²) in [7, 11) is 0. The summed E-state index contributed by atoms with van der Waals surface area (Å²) >= 11 is 0. The molecule has 1 atom stereocenters. The lowest BCUT2D eigenvalue weighted by Gasteiger charge is -2.06. The Morgan fingerprint density at radius 1 is 1.46 bits per heavy atom. The molecular weight excluding hydrogens is 162 g/mol. The van der Waals surface area contributed by atoms with Crippen molar-refractivity contribution in [2.75, 3.05) is 0 Å². The number of pyridine rings is 1. The predicted molar refractivity (Wildman–Crippen MR) is 52.5 cm³/mol. The van der Waals surface area contributed by atoms with Gasteiger partial charge in [-0.05, 0) is 26.0 Å². The number of rotatable bonds is 1. The second kappa shape index (κ2) is 2.85. The van der Waals surface area contributed by atoms with E-state index in [1.807, 2.05) is 25.3 Å². The number of nitrogens with two attached hydrogens (primary N) is 1. The molecule has 0 aliphatic rings. The van der Waals surface area contributed by atoms with Gasteiger partial charge in [0.15, 0.2) is 0 Å². The maximum absolute atomic E-state index is 5.81. The minimum Gasteiger partial charge on any atom is -0.322 e. The second-order valence-electron chi connectivity index (χ2n) is 3.33. The van der Waals surface area contributed by atoms with Gasteiger partial charge in [0.05, 0.1) is 17.8 Å². The van der Waals surface area contributed by atoms with E-state index in [4.69, 9.17) is 5.73 Å². The number of aryl methyl sites for hydroxylation is 1. The topological polar surface area (TPSA) is 43.3 Å². The summed E-state index contributed by atoms with van der Waals surface area (Å²) in [6.45, 7) is 4.00. The Kier molecular flexibility index (Phi) is 1.81. The molecule has 0 bridgehead atoms. The Morgan fingerprint density at radius 2 is 2.23 bits per heavy atom. The summed E-state index contributed by atoms with van der Waals surface area (Å²) in [5, 5.41) is 0. The van der Waals surface area contributed by atoms with Crippen molar-refractivity contribution < 1.29 is 0 Å². The highest BCUT2D eigenvalue weighted by Crippen LogP contribution is 2.14. The van der Waals surface area contributed by atoms with Crippen LogP contribution < -0.4 is 5.73 Å². The second-order valence-corrected chi connectivity index (χ2v) is 3.33. The molecule has 2 rings (SSSR count). The minimum absolute atomic E-state index is 0.0244. The highest BCUT2D eigenvalue weighted by atomic mass is 15.0. The van der Waals surface area contributed by atoms with Gasteiger partial charge in [0.25, 0.3) is 0 Å². The lowest BCUT2D eigenvalue weighted by Crippen LogP contribution is -2.10. The number of nitrogens with zero attached hydrogens (tertiary/aromatic N) is 2. The van der Waals surface area contributed by atoms with Crippen LogP contribution in [0.3, 0.4) is 0 Å². The van der Waals surface area contributed by atoms with Gasteiger partial charge in [-0.25, -0.2) is 4.98 Å². The van der Waals surface area contributed by atoms with Gasteiger partial charge in [-0.2, -0.15) is 0 Å². The van der Waals surface area contributed by atoms with Crippen LogP contribution in [0.15, 0.2) is 24.4 Å². The van der Waals surface area contributed by atoms with E-state index in [9.17, 15) is 0 Å². The molecule has 0 aliphatic carbocycles. The molecule has 0 saturated heterocycles. The molecule has 2 aromatic rings. The van der Waals surface area contributed by atoms with Crippen molar-refractivity contribution in [3.63, 3.8) is 0 Å². The molecule has 13 heavy (non-hydrogen) atoms. The van der Waals surface area contributed by atoms with Gasteiger partial charge in [0, 0.05) is 5.69 Å². The molecule has 0 saturated carbocycles. The fourth-order valence-electron chi connectivity index (χ4n) is 1.56. The zero-order chi connectivity index (χ0) is 9.42. The van der Waals surface area contributed by atoms with Crippen LogP contribution in [0.4, 0.5) is 0 Å². The van der Waals surface area contributed by atoms with Crippen molar-refractivity contribution >= 4 is 5.52 Å². The lowest BCUT2D eigenvalue weighted by atomic mass is 10.3. The van der Waals surface area contributed by atoms with E-state index >= 15 is 0 Å². The standard InChI is InChI=1S/C10H13N3/c1-7-4-3-5-9-6-12-10(8(2)11)13(7)9/h3-6,8H,11H2,1-2H3. The van der Waals surface area contributed by atoms with Gasteiger partial charge in [-0.1, -0.05) is 6.07 Å². The zero-order valence-electron chi connectivity index (χ0n) is 7.86. The summed E-state index contributed by atoms with van der Waals surface area (Å²) in [6, 6.07) is 6.09. The molecule has 1 unspecified atom stereocenters. The molecule has 0 amide bonds. The van der Waals surface area contributed by atoms with Crippen LogP contribution in [0.1, 0.15) is 24.5 Å². The van der Waals surface area contributed by atoms with Gasteiger partial charge in [-0.3, -0.25) is 4.40 Å². The van der Waals surface area contributed by atoms with E-state index in [-0.39, 0.29) is 6.04 Å². The van der Waals surface area contributed by atoms with Crippen LogP contribution in [0, 0.1) is 6.92 Å². The zero-order valence-corrected chi connectivity index (χ0v) is 7.86. The van der Waals surface area contributed by atoms with Crippen LogP contribution in [0.25, 0.3) is 5.52 Å². The van der Waals surface area contributed by atoms with E-state index in [0.29, 0.717) is 0 Å². The van der Waals surface area contributed by atoms with Gasteiger partial charge in [0.2, 0.25) is 0 Å². The van der Waals surface area contributed by atoms with Crippen molar-refractivity contribution in [1.29, 1.82) is 0 Å². The average Bonchev–Trinajstić information content (AvgIpc) is 2.49. The molecule has 0 fully saturated rings. The van der Waals surface area contributed by atoms with E-state index < -0.39 is 0 Å². The first-order valence-corrected chi connectivity index (χ1v) is 4.38. The highest BCUT2D eigenvalue weighted by molar-refractivity contribution is 5.47. The molecule has 3 nitrogen and oxygen atoms in total. The van der Waals surface area contributed by atoms with Gasteiger partial charge in [0.1, 0.15) is 5.82 Å². The maximum Gasteiger partial charge on any atom is 0.130 e. The Morgan fingerprint density at radius 3 is 2.92 bits per heavy atom. The van der Waals surface area contributed by atoms with Crippen molar-refractivity contribution in [3.8, 4) is 0 Å². The summed E-state index contributed by atoms with van der Waals surface area (Å²) in [5.41, 5.74) is 8.08. The molecule has 2 heterocycles. The quantitative estimate of drug-likeness (QED) is 0.716. The third-order valence-electron chi connectivity index (χ3n) is 2.18. The van der Waals surface area contributed by atoms with Crippen LogP contribution in [0.5, 0.6) is 0 Å². The summed E-state index contributed by atoms with van der Waals surface area (Å²) in [5.74, 6) is 0.924. The van der Waals surface area contributed by atoms with Crippen molar-refractivity contribution in [2.24, 2.45) is 5.73 Å². The molecule has 2 N–H and O–H groups in total. The van der Waals surface area contributed by atoms with E-state index in [1.54, 1.807) is 0 Å². The predicted octanol–water partition coefficient (Wildman–Crippen LogP) is 1.66. The first-order valence-electron chi connectivity index (χ1n) is 4.38. The Hall–Kier alpha value is -1.35. The molecule has 2 aromatic heterocycles. The van der Waals surface area contributed by atoms with Crippen molar-refractivity contribution in [1.82, 2.24) is 9.38 Å². The molecule has 0 aliphatic heterocycles. The molecule has 0 radical (unpaired) electrons. The molecular formula is C10H13N3. The Bertz CT molecular complexity index is 429. The third kappa shape index (κ3) is 1.21. The molecule has 0 spiro atoms. The largest absolute Gasteiger partial charge is 0.322 e. The fourth-order valence-corrected chi connectivity index (χ4v) is 1.56. The third-order valence-corrected chi connectivity index (χ3v) is 2.18. The van der Waals surface area contributed by atoms with E-state index in [0.717, 1.165) is 11.3 Å². The molecule has 68 valence electrons. The Balaban J connectivity index is 2.79. The fraction of sp³-hybridized carbons (Fsp3) is 0.300. The molecule has 0 aromatic carbocycles. The maximum atomic E-state index is 5.81. The lowest BCUT2D eigenvalue weighted by molar-refractivity contribution is 0.729. The number of fused-ring (bicyclic) bond motifs is 1. The normalized spacial score (nSPS) is 13.5. The van der Waals surface area contributed by atoms with E-state index in [2.05, 4.69) is 22.4 Å². The molecule has 3 heteroatoms. The summed E-state index contributed by atoms with van der Waals surface area (Å²) < 4.78 is 2.09.